The van der Waals surface area contributed by atoms with Crippen LogP contribution >= 0.6 is 0 Å². The van der Waals surface area contributed by atoms with E-state index in [4.69, 9.17) is 10.00 Å². The summed E-state index contributed by atoms with van der Waals surface area (Å²) in [5.41, 5.74) is 1.27. The third-order valence-electron chi connectivity index (χ3n) is 3.28. The first-order chi connectivity index (χ1) is 8.24. The van der Waals surface area contributed by atoms with Crippen LogP contribution in [0.5, 0.6) is 0 Å². The fourth-order valence-electron chi connectivity index (χ4n) is 2.53. The minimum Gasteiger partial charge on any atom is -0.371 e. The van der Waals surface area contributed by atoms with Crippen molar-refractivity contribution in [2.24, 2.45) is 0 Å². The van der Waals surface area contributed by atoms with Crippen molar-refractivity contribution in [1.29, 1.82) is 5.26 Å². The predicted octanol–water partition coefficient (Wildman–Crippen LogP) is 1.02. The van der Waals surface area contributed by atoms with Crippen LogP contribution in [0.15, 0.2) is 6.07 Å². The Morgan fingerprint density at radius 1 is 1.35 bits per heavy atom. The quantitative estimate of drug-likeness (QED) is 0.721. The number of morpholine rings is 1. The Morgan fingerprint density at radius 3 is 2.71 bits per heavy atom. The minimum atomic E-state index is 0.309. The highest BCUT2D eigenvalue weighted by molar-refractivity contribution is 5.37. The van der Waals surface area contributed by atoms with Gasteiger partial charge in [0.2, 0.25) is 5.95 Å². The predicted molar refractivity (Wildman–Crippen MR) is 61.6 cm³/mol. The monoisotopic (exact) mass is 230 g/mol. The molecule has 3 rings (SSSR count). The van der Waals surface area contributed by atoms with Crippen LogP contribution in [-0.2, 0) is 4.74 Å². The van der Waals surface area contributed by atoms with E-state index in [-0.39, 0.29) is 0 Å². The molecule has 0 amide bonds. The lowest BCUT2D eigenvalue weighted by molar-refractivity contribution is 0.0299. The van der Waals surface area contributed by atoms with Crippen LogP contribution in [0.1, 0.15) is 24.2 Å². The van der Waals surface area contributed by atoms with Gasteiger partial charge in [-0.2, -0.15) is 5.26 Å². The van der Waals surface area contributed by atoms with Crippen LogP contribution in [0.3, 0.4) is 0 Å². The van der Waals surface area contributed by atoms with E-state index < -0.39 is 0 Å². The van der Waals surface area contributed by atoms with Gasteiger partial charge >= 0.3 is 0 Å². The van der Waals surface area contributed by atoms with Gasteiger partial charge in [-0.15, -0.1) is 0 Å². The van der Waals surface area contributed by atoms with Gasteiger partial charge in [-0.1, -0.05) is 0 Å². The molecule has 5 heteroatoms. The number of aromatic nitrogens is 2. The molecule has 2 aliphatic rings. The first-order valence-corrected chi connectivity index (χ1v) is 5.91. The molecular formula is C12H14N4O. The van der Waals surface area contributed by atoms with Gasteiger partial charge in [-0.3, -0.25) is 0 Å². The first-order valence-electron chi connectivity index (χ1n) is 5.91. The number of hydrogen-bond acceptors (Lipinski definition) is 5. The molecule has 3 heterocycles. The summed E-state index contributed by atoms with van der Waals surface area (Å²) in [7, 11) is 0. The third kappa shape index (κ3) is 1.96. The molecule has 2 fully saturated rings. The zero-order valence-electron chi connectivity index (χ0n) is 9.76. The molecule has 0 saturated carbocycles. The molecule has 0 radical (unpaired) electrons. The van der Waals surface area contributed by atoms with Crippen molar-refractivity contribution in [1.82, 2.24) is 9.97 Å². The lowest BCUT2D eigenvalue weighted by Gasteiger charge is -2.32. The number of nitriles is 1. The average Bonchev–Trinajstić information content (AvgIpc) is 2.67. The summed E-state index contributed by atoms with van der Waals surface area (Å²) in [5.74, 6) is 0.668. The van der Waals surface area contributed by atoms with Gasteiger partial charge in [0.1, 0.15) is 11.8 Å². The summed E-state index contributed by atoms with van der Waals surface area (Å²) >= 11 is 0. The lowest BCUT2D eigenvalue weighted by Crippen LogP contribution is -2.43. The Labute approximate surface area is 100 Å². The number of nitrogens with zero attached hydrogens (tertiary/aromatic N) is 4. The summed E-state index contributed by atoms with van der Waals surface area (Å²) in [5, 5.41) is 8.92. The lowest BCUT2D eigenvalue weighted by atomic mass is 10.2. The molecule has 0 spiro atoms. The highest BCUT2D eigenvalue weighted by Crippen LogP contribution is 2.28. The largest absolute Gasteiger partial charge is 0.371 e. The number of anilines is 1. The van der Waals surface area contributed by atoms with Crippen molar-refractivity contribution in [3.05, 3.63) is 17.5 Å². The van der Waals surface area contributed by atoms with Crippen LogP contribution in [0.4, 0.5) is 5.95 Å². The topological polar surface area (TPSA) is 62.0 Å². The van der Waals surface area contributed by atoms with E-state index in [2.05, 4.69) is 20.9 Å². The van der Waals surface area contributed by atoms with Crippen molar-refractivity contribution in [3.63, 3.8) is 0 Å². The molecule has 1 aromatic heterocycles. The number of fused-ring (bicyclic) bond motifs is 2. The molecule has 0 aromatic carbocycles. The Morgan fingerprint density at radius 2 is 2.06 bits per heavy atom. The van der Waals surface area contributed by atoms with E-state index in [0.717, 1.165) is 31.6 Å². The third-order valence-corrected chi connectivity index (χ3v) is 3.28. The summed E-state index contributed by atoms with van der Waals surface area (Å²) in [4.78, 5) is 10.8. The second kappa shape index (κ2) is 3.97. The van der Waals surface area contributed by atoms with Crippen molar-refractivity contribution < 1.29 is 4.74 Å². The molecule has 2 bridgehead atoms. The SMILES string of the molecule is Cc1cc(C#N)nc(N2CC3CCC(C2)O3)n1. The Kier molecular flexibility index (Phi) is 2.45. The smallest absolute Gasteiger partial charge is 0.226 e. The molecule has 2 atom stereocenters. The van der Waals surface area contributed by atoms with Crippen molar-refractivity contribution in [2.75, 3.05) is 18.0 Å². The molecule has 5 nitrogen and oxygen atoms in total. The van der Waals surface area contributed by atoms with E-state index in [9.17, 15) is 0 Å². The van der Waals surface area contributed by atoms with E-state index in [1.54, 1.807) is 6.07 Å². The molecule has 2 unspecified atom stereocenters. The van der Waals surface area contributed by atoms with E-state index in [1.165, 1.54) is 0 Å². The maximum Gasteiger partial charge on any atom is 0.226 e. The fourth-order valence-corrected chi connectivity index (χ4v) is 2.53. The van der Waals surface area contributed by atoms with Gasteiger partial charge in [0.15, 0.2) is 0 Å². The summed E-state index contributed by atoms with van der Waals surface area (Å²) in [6.45, 7) is 3.57. The molecule has 17 heavy (non-hydrogen) atoms. The number of ether oxygens (including phenoxy) is 1. The normalized spacial score (nSPS) is 26.9. The van der Waals surface area contributed by atoms with Crippen LogP contribution < -0.4 is 4.90 Å². The second-order valence-corrected chi connectivity index (χ2v) is 4.67. The zero-order valence-corrected chi connectivity index (χ0v) is 9.76. The molecule has 1 aromatic rings. The van der Waals surface area contributed by atoms with Crippen molar-refractivity contribution in [3.8, 4) is 6.07 Å². The van der Waals surface area contributed by atoms with E-state index >= 15 is 0 Å². The number of hydrogen-bond donors (Lipinski definition) is 0. The fraction of sp³-hybridized carbons (Fsp3) is 0.583. The second-order valence-electron chi connectivity index (χ2n) is 4.67. The maximum atomic E-state index is 8.92. The molecule has 2 saturated heterocycles. The van der Waals surface area contributed by atoms with Gasteiger partial charge in [-0.05, 0) is 25.8 Å². The van der Waals surface area contributed by atoms with Crippen molar-refractivity contribution in [2.45, 2.75) is 32.0 Å². The van der Waals surface area contributed by atoms with Gasteiger partial charge in [0, 0.05) is 18.8 Å². The first kappa shape index (κ1) is 10.5. The summed E-state index contributed by atoms with van der Waals surface area (Å²) in [6.07, 6.45) is 2.86. The average molecular weight is 230 g/mol. The van der Waals surface area contributed by atoms with Crippen LogP contribution in [0.2, 0.25) is 0 Å². The Balaban J connectivity index is 1.89. The molecule has 0 aliphatic carbocycles. The highest BCUT2D eigenvalue weighted by atomic mass is 16.5. The van der Waals surface area contributed by atoms with Gasteiger partial charge in [0.25, 0.3) is 0 Å². The van der Waals surface area contributed by atoms with Crippen LogP contribution in [-0.4, -0.2) is 35.3 Å². The molecule has 88 valence electrons. The van der Waals surface area contributed by atoms with Crippen LogP contribution in [0, 0.1) is 18.3 Å². The zero-order chi connectivity index (χ0) is 11.8. The van der Waals surface area contributed by atoms with Gasteiger partial charge in [0.05, 0.1) is 12.2 Å². The van der Waals surface area contributed by atoms with Crippen molar-refractivity contribution >= 4 is 5.95 Å². The van der Waals surface area contributed by atoms with Gasteiger partial charge in [-0.25, -0.2) is 9.97 Å². The Bertz CT molecular complexity index is 470. The van der Waals surface area contributed by atoms with E-state index in [1.807, 2.05) is 6.92 Å². The standard InChI is InChI=1S/C12H14N4O/c1-8-4-9(5-13)15-12(14-8)16-6-10-2-3-11(7-16)17-10/h4,10-11H,2-3,6-7H2,1H3. The maximum absolute atomic E-state index is 8.92. The number of aryl methyl sites for hydroxylation is 1. The van der Waals surface area contributed by atoms with Gasteiger partial charge < -0.3 is 9.64 Å². The Hall–Kier alpha value is -1.67. The minimum absolute atomic E-state index is 0.309. The summed E-state index contributed by atoms with van der Waals surface area (Å²) < 4.78 is 5.77. The highest BCUT2D eigenvalue weighted by Gasteiger charge is 2.34. The number of rotatable bonds is 1. The molecular weight excluding hydrogens is 216 g/mol. The van der Waals surface area contributed by atoms with E-state index in [0.29, 0.717) is 23.9 Å². The summed E-state index contributed by atoms with van der Waals surface area (Å²) in [6, 6.07) is 3.78. The molecule has 2 aliphatic heterocycles. The van der Waals surface area contributed by atoms with Crippen LogP contribution in [0.25, 0.3) is 0 Å². The molecule has 0 N–H and O–H groups in total.